The number of aromatic nitrogens is 1. The fourth-order valence-electron chi connectivity index (χ4n) is 2.43. The number of anilines is 1. The molecule has 1 fully saturated rings. The molecule has 3 N–H and O–H groups in total. The van der Waals surface area contributed by atoms with Gasteiger partial charge in [-0.2, -0.15) is 0 Å². The van der Waals surface area contributed by atoms with Crippen molar-refractivity contribution in [2.24, 2.45) is 5.16 Å². The molecule has 1 aromatic heterocycles. The number of amides is 2. The van der Waals surface area contributed by atoms with Gasteiger partial charge in [0.15, 0.2) is 10.8 Å². The number of nitrogens with zero attached hydrogens (tertiary/aromatic N) is 3. The van der Waals surface area contributed by atoms with Crippen molar-refractivity contribution in [2.45, 2.75) is 11.4 Å². The number of carboxylic acid groups (broad SMARTS) is 1. The summed E-state index contributed by atoms with van der Waals surface area (Å²) in [5, 5.41) is 18.5. The summed E-state index contributed by atoms with van der Waals surface area (Å²) >= 11 is 2.46. The first-order valence-electron chi connectivity index (χ1n) is 6.93. The number of oxime groups is 1. The summed E-state index contributed by atoms with van der Waals surface area (Å²) in [7, 11) is 1.27. The second-order valence-corrected chi connectivity index (χ2v) is 6.99. The Morgan fingerprint density at radius 2 is 2.27 bits per heavy atom. The Kier molecular flexibility index (Phi) is 6.69. The number of hydrogen-bond donors (Lipinski definition) is 2. The number of nitrogen functional groups attached to an aromatic ring is 1. The van der Waals surface area contributed by atoms with Crippen molar-refractivity contribution < 1.29 is 53.9 Å². The Hall–Kier alpha value is -1.60. The maximum atomic E-state index is 12.5. The third-order valence-corrected chi connectivity index (χ3v) is 5.36. The van der Waals surface area contributed by atoms with Crippen molar-refractivity contribution in [1.82, 2.24) is 15.2 Å². The maximum Gasteiger partial charge on any atom is 1.00 e. The summed E-state index contributed by atoms with van der Waals surface area (Å²) < 4.78 is 0. The zero-order chi connectivity index (χ0) is 18.1. The van der Waals surface area contributed by atoms with Crippen LogP contribution in [0, 0.1) is 0 Å². The van der Waals surface area contributed by atoms with Crippen LogP contribution >= 0.6 is 23.1 Å². The van der Waals surface area contributed by atoms with Gasteiger partial charge in [0.1, 0.15) is 24.2 Å². The van der Waals surface area contributed by atoms with Gasteiger partial charge in [0.25, 0.3) is 11.8 Å². The fourth-order valence-corrected chi connectivity index (χ4v) is 4.17. The van der Waals surface area contributed by atoms with E-state index < -0.39 is 29.2 Å². The summed E-state index contributed by atoms with van der Waals surface area (Å²) in [4.78, 5) is 45.5. The van der Waals surface area contributed by atoms with Crippen LogP contribution in [-0.2, 0) is 19.2 Å². The molecular formula is C13H12N5NaO5S2. The quantitative estimate of drug-likeness (QED) is 0.214. The van der Waals surface area contributed by atoms with E-state index in [0.717, 1.165) is 16.2 Å². The van der Waals surface area contributed by atoms with Gasteiger partial charge in [0.05, 0.1) is 11.7 Å². The van der Waals surface area contributed by atoms with Crippen LogP contribution in [0.2, 0.25) is 0 Å². The molecule has 0 radical (unpaired) electrons. The second kappa shape index (κ2) is 8.39. The minimum absolute atomic E-state index is 0. The number of thiazole rings is 1. The number of thioether (sulfide) groups is 1. The predicted octanol–water partition coefficient (Wildman–Crippen LogP) is -4.89. The Morgan fingerprint density at radius 1 is 1.54 bits per heavy atom. The van der Waals surface area contributed by atoms with E-state index in [2.05, 4.69) is 20.3 Å². The molecule has 2 aliphatic heterocycles. The summed E-state index contributed by atoms with van der Waals surface area (Å²) in [6, 6.07) is -0.876. The predicted molar refractivity (Wildman–Crippen MR) is 88.2 cm³/mol. The van der Waals surface area contributed by atoms with Gasteiger partial charge in [-0.1, -0.05) is 5.16 Å². The molecule has 0 aliphatic carbocycles. The smallest absolute Gasteiger partial charge is 0.543 e. The summed E-state index contributed by atoms with van der Waals surface area (Å²) in [5.74, 6) is -2.24. The molecule has 1 unspecified atom stereocenters. The first-order valence-corrected chi connectivity index (χ1v) is 8.86. The molecule has 2 aliphatic rings. The molecule has 3 rings (SSSR count). The monoisotopic (exact) mass is 405 g/mol. The minimum atomic E-state index is -1.43. The Labute approximate surface area is 178 Å². The largest absolute Gasteiger partial charge is 1.00 e. The van der Waals surface area contributed by atoms with E-state index in [4.69, 9.17) is 5.73 Å². The molecule has 13 heteroatoms. The van der Waals surface area contributed by atoms with Gasteiger partial charge >= 0.3 is 29.6 Å². The van der Waals surface area contributed by atoms with Gasteiger partial charge in [-0.3, -0.25) is 14.5 Å². The van der Waals surface area contributed by atoms with E-state index >= 15 is 0 Å². The van der Waals surface area contributed by atoms with Crippen LogP contribution in [0.25, 0.3) is 0 Å². The van der Waals surface area contributed by atoms with E-state index in [1.807, 2.05) is 0 Å². The molecule has 3 heterocycles. The van der Waals surface area contributed by atoms with Crippen LogP contribution in [0.4, 0.5) is 5.13 Å². The first kappa shape index (κ1) is 20.7. The van der Waals surface area contributed by atoms with E-state index in [1.54, 1.807) is 0 Å². The van der Waals surface area contributed by atoms with Crippen LogP contribution in [0.5, 0.6) is 0 Å². The summed E-state index contributed by atoms with van der Waals surface area (Å²) in [6.07, 6.45) is 1.41. The van der Waals surface area contributed by atoms with Gasteiger partial charge in [-0.25, -0.2) is 4.98 Å². The Morgan fingerprint density at radius 3 is 2.85 bits per heavy atom. The van der Waals surface area contributed by atoms with Crippen molar-refractivity contribution in [3.8, 4) is 0 Å². The number of nitrogens with one attached hydrogen (secondary N) is 1. The molecule has 132 valence electrons. The molecule has 0 spiro atoms. The van der Waals surface area contributed by atoms with Gasteiger partial charge in [-0.05, 0) is 6.08 Å². The van der Waals surface area contributed by atoms with Crippen LogP contribution < -0.4 is 45.7 Å². The van der Waals surface area contributed by atoms with E-state index in [0.29, 0.717) is 5.75 Å². The van der Waals surface area contributed by atoms with Crippen molar-refractivity contribution in [3.05, 3.63) is 22.8 Å². The van der Waals surface area contributed by atoms with Crippen molar-refractivity contribution >= 4 is 51.7 Å². The summed E-state index contributed by atoms with van der Waals surface area (Å²) in [6.45, 7) is 0. The van der Waals surface area contributed by atoms with Gasteiger partial charge in [0, 0.05) is 11.1 Å². The molecule has 10 nitrogen and oxygen atoms in total. The van der Waals surface area contributed by atoms with Gasteiger partial charge < -0.3 is 25.8 Å². The van der Waals surface area contributed by atoms with Crippen LogP contribution in [0.1, 0.15) is 5.69 Å². The van der Waals surface area contributed by atoms with E-state index in [9.17, 15) is 19.5 Å². The number of β-lactam (4-membered cyclic amide) rings is 1. The Balaban J connectivity index is 0.00000243. The maximum absolute atomic E-state index is 12.5. The van der Waals surface area contributed by atoms with Crippen molar-refractivity contribution in [1.29, 1.82) is 0 Å². The number of hydrogen-bond acceptors (Lipinski definition) is 10. The third-order valence-electron chi connectivity index (χ3n) is 3.50. The van der Waals surface area contributed by atoms with Crippen LogP contribution in [-0.4, -0.2) is 57.7 Å². The molecule has 2 atom stereocenters. The average molecular weight is 405 g/mol. The molecular weight excluding hydrogens is 393 g/mol. The number of carbonyl (C=O) groups is 3. The standard InChI is InChI=1S/C13H13N5O5S2.Na/c1-23-17-7(5-4-25-13(14)15-5)9(19)16-8-10(20)18-6(12(21)22)2-3-24-11(8)18;/h2,4,8,11H,3H2,1H3,(H2,14,15)(H,16,19)(H,21,22);/q;+1/p-1/b17-7-;/t8-,11?;/m1./s1. The number of aliphatic carboxylic acids is 1. The SMILES string of the molecule is CO/N=C(\C(=O)N[C@@H]1C(=O)N2C(C(=O)[O-])=CCSC12)c1csc(N)n1.[Na+]. The van der Waals surface area contributed by atoms with Crippen LogP contribution in [0.3, 0.4) is 0 Å². The fraction of sp³-hybridized carbons (Fsp3) is 0.308. The summed E-state index contributed by atoms with van der Waals surface area (Å²) in [5.41, 5.74) is 5.46. The average Bonchev–Trinajstić information content (AvgIpc) is 3.02. The van der Waals surface area contributed by atoms with Crippen molar-refractivity contribution in [2.75, 3.05) is 18.6 Å². The molecule has 0 saturated carbocycles. The van der Waals surface area contributed by atoms with Crippen LogP contribution in [0.15, 0.2) is 22.3 Å². The molecule has 1 aromatic rings. The van der Waals surface area contributed by atoms with Gasteiger partial charge in [-0.15, -0.1) is 23.1 Å². The molecule has 0 aromatic carbocycles. The molecule has 2 amide bonds. The number of rotatable bonds is 5. The zero-order valence-electron chi connectivity index (χ0n) is 13.8. The first-order chi connectivity index (χ1) is 11.9. The van der Waals surface area contributed by atoms with Gasteiger partial charge in [0.2, 0.25) is 0 Å². The normalized spacial score (nSPS) is 21.7. The number of nitrogens with two attached hydrogens (primary N) is 1. The van der Waals surface area contributed by atoms with Crippen molar-refractivity contribution in [3.63, 3.8) is 0 Å². The number of carboxylic acids is 1. The molecule has 0 bridgehead atoms. The van der Waals surface area contributed by atoms with E-state index in [-0.39, 0.29) is 51.8 Å². The third kappa shape index (κ3) is 3.74. The topological polar surface area (TPSA) is 150 Å². The number of fused-ring (bicyclic) bond motifs is 1. The minimum Gasteiger partial charge on any atom is -0.543 e. The molecule has 1 saturated heterocycles. The molecule has 26 heavy (non-hydrogen) atoms. The second-order valence-electron chi connectivity index (χ2n) is 4.95. The Bertz CT molecular complexity index is 811. The number of carbonyl (C=O) groups excluding carboxylic acids is 3. The zero-order valence-corrected chi connectivity index (χ0v) is 17.4. The van der Waals surface area contributed by atoms with E-state index in [1.165, 1.54) is 30.3 Å².